The second-order valence-corrected chi connectivity index (χ2v) is 9.62. The van der Waals surface area contributed by atoms with Crippen LogP contribution in [-0.2, 0) is 13.0 Å². The molecule has 0 saturated heterocycles. The van der Waals surface area contributed by atoms with E-state index in [-0.39, 0.29) is 11.9 Å². The molecule has 0 bridgehead atoms. The highest BCUT2D eigenvalue weighted by Crippen LogP contribution is 2.35. The van der Waals surface area contributed by atoms with E-state index in [4.69, 9.17) is 4.98 Å². The Morgan fingerprint density at radius 3 is 2.15 bits per heavy atom. The van der Waals surface area contributed by atoms with Gasteiger partial charge in [0.2, 0.25) is 0 Å². The second kappa shape index (κ2) is 11.1. The molecule has 1 unspecified atom stereocenters. The lowest BCUT2D eigenvalue weighted by Gasteiger charge is -2.32. The monoisotopic (exact) mass is 469 g/mol. The maximum atomic E-state index is 12.2. The molecule has 0 saturated carbocycles. The normalized spacial score (nSPS) is 11.7. The molecule has 1 aromatic heterocycles. The van der Waals surface area contributed by atoms with E-state index >= 15 is 0 Å². The largest absolute Gasteiger partial charge is 0.352 e. The highest BCUT2D eigenvalue weighted by molar-refractivity contribution is 7.15. The summed E-state index contributed by atoms with van der Waals surface area (Å²) in [6, 6.07) is 29.3. The summed E-state index contributed by atoms with van der Waals surface area (Å²) in [6.45, 7) is 7.45. The molecule has 1 amide bonds. The van der Waals surface area contributed by atoms with Crippen molar-refractivity contribution >= 4 is 22.4 Å². The van der Waals surface area contributed by atoms with Gasteiger partial charge in [-0.3, -0.25) is 4.79 Å². The standard InChI is InChI=1S/C29H31N3OS/c1-4-30-28(33)26-17-15-24(16-18-26)20-32(29-31-21(2)22(3)34-29)27(25-13-9-6-10-14-25)19-23-11-7-5-8-12-23/h5-18,27H,4,19-20H2,1-3H3,(H,30,33). The zero-order valence-electron chi connectivity index (χ0n) is 20.0. The number of amides is 1. The molecule has 34 heavy (non-hydrogen) atoms. The number of benzene rings is 3. The van der Waals surface area contributed by atoms with Gasteiger partial charge in [0, 0.05) is 23.5 Å². The molecule has 3 aromatic carbocycles. The van der Waals surface area contributed by atoms with E-state index in [0.717, 1.165) is 22.8 Å². The summed E-state index contributed by atoms with van der Waals surface area (Å²) >= 11 is 1.74. The van der Waals surface area contributed by atoms with Crippen molar-refractivity contribution in [3.63, 3.8) is 0 Å². The molecule has 1 atom stereocenters. The molecule has 0 aliphatic heterocycles. The van der Waals surface area contributed by atoms with Crippen molar-refractivity contribution in [2.75, 3.05) is 11.4 Å². The minimum Gasteiger partial charge on any atom is -0.352 e. The van der Waals surface area contributed by atoms with Crippen molar-refractivity contribution < 1.29 is 4.79 Å². The van der Waals surface area contributed by atoms with Crippen LogP contribution in [0, 0.1) is 13.8 Å². The Bertz CT molecular complexity index is 1180. The SMILES string of the molecule is CCNC(=O)c1ccc(CN(c2nc(C)c(C)s2)C(Cc2ccccc2)c2ccccc2)cc1. The molecule has 0 radical (unpaired) electrons. The summed E-state index contributed by atoms with van der Waals surface area (Å²) in [5, 5.41) is 3.89. The lowest BCUT2D eigenvalue weighted by atomic mass is 9.97. The Balaban J connectivity index is 1.72. The highest BCUT2D eigenvalue weighted by Gasteiger charge is 2.25. The number of aromatic nitrogens is 1. The molecule has 0 spiro atoms. The Kier molecular flexibility index (Phi) is 7.76. The van der Waals surface area contributed by atoms with E-state index in [2.05, 4.69) is 96.9 Å². The van der Waals surface area contributed by atoms with Gasteiger partial charge in [-0.25, -0.2) is 4.98 Å². The van der Waals surface area contributed by atoms with Gasteiger partial charge in [0.15, 0.2) is 5.13 Å². The van der Waals surface area contributed by atoms with Crippen LogP contribution in [0.4, 0.5) is 5.13 Å². The third kappa shape index (κ3) is 5.72. The van der Waals surface area contributed by atoms with Crippen molar-refractivity contribution in [2.45, 2.75) is 39.8 Å². The molecule has 4 aromatic rings. The van der Waals surface area contributed by atoms with Crippen LogP contribution in [-0.4, -0.2) is 17.4 Å². The predicted octanol–water partition coefficient (Wildman–Crippen LogP) is 6.50. The van der Waals surface area contributed by atoms with E-state index in [9.17, 15) is 4.79 Å². The topological polar surface area (TPSA) is 45.2 Å². The number of anilines is 1. The van der Waals surface area contributed by atoms with E-state index in [1.54, 1.807) is 11.3 Å². The second-order valence-electron chi connectivity index (χ2n) is 8.44. The zero-order chi connectivity index (χ0) is 23.9. The van der Waals surface area contributed by atoms with Gasteiger partial charge in [0.25, 0.3) is 5.91 Å². The van der Waals surface area contributed by atoms with Gasteiger partial charge in [-0.15, -0.1) is 11.3 Å². The number of carbonyl (C=O) groups is 1. The first-order chi connectivity index (χ1) is 16.5. The van der Waals surface area contributed by atoms with Gasteiger partial charge >= 0.3 is 0 Å². The molecule has 4 nitrogen and oxygen atoms in total. The van der Waals surface area contributed by atoms with Crippen molar-refractivity contribution in [2.24, 2.45) is 0 Å². The number of nitrogens with zero attached hydrogens (tertiary/aromatic N) is 2. The molecule has 0 fully saturated rings. The van der Waals surface area contributed by atoms with Crippen LogP contribution in [0.1, 0.15) is 50.6 Å². The van der Waals surface area contributed by atoms with Crippen molar-refractivity contribution in [1.82, 2.24) is 10.3 Å². The number of hydrogen-bond donors (Lipinski definition) is 1. The molecule has 4 rings (SSSR count). The number of hydrogen-bond acceptors (Lipinski definition) is 4. The van der Waals surface area contributed by atoms with Crippen molar-refractivity contribution in [1.29, 1.82) is 0 Å². The number of rotatable bonds is 9. The number of nitrogens with one attached hydrogen (secondary N) is 1. The summed E-state index contributed by atoms with van der Waals surface area (Å²) in [6.07, 6.45) is 0.875. The molecular formula is C29H31N3OS. The molecule has 0 aliphatic carbocycles. The van der Waals surface area contributed by atoms with Gasteiger partial charge in [-0.05, 0) is 56.0 Å². The van der Waals surface area contributed by atoms with Gasteiger partial charge in [-0.2, -0.15) is 0 Å². The fourth-order valence-electron chi connectivity index (χ4n) is 4.03. The van der Waals surface area contributed by atoms with E-state index in [1.165, 1.54) is 16.0 Å². The molecule has 5 heteroatoms. The molecular weight excluding hydrogens is 438 g/mol. The number of aryl methyl sites for hydroxylation is 2. The van der Waals surface area contributed by atoms with Crippen LogP contribution >= 0.6 is 11.3 Å². The summed E-state index contributed by atoms with van der Waals surface area (Å²) in [4.78, 5) is 20.8. The lowest BCUT2D eigenvalue weighted by Crippen LogP contribution is -2.30. The van der Waals surface area contributed by atoms with Crippen molar-refractivity contribution in [3.05, 3.63) is 118 Å². The third-order valence-corrected chi connectivity index (χ3v) is 7.11. The zero-order valence-corrected chi connectivity index (χ0v) is 20.8. The minimum absolute atomic E-state index is 0.0386. The summed E-state index contributed by atoms with van der Waals surface area (Å²) < 4.78 is 0. The summed E-state index contributed by atoms with van der Waals surface area (Å²) in [5.74, 6) is -0.0386. The van der Waals surface area contributed by atoms with Gasteiger partial charge < -0.3 is 10.2 Å². The van der Waals surface area contributed by atoms with Crippen LogP contribution in [0.3, 0.4) is 0 Å². The van der Waals surface area contributed by atoms with E-state index in [1.807, 2.05) is 19.1 Å². The molecule has 1 heterocycles. The Morgan fingerprint density at radius 2 is 1.56 bits per heavy atom. The van der Waals surface area contributed by atoms with Crippen LogP contribution in [0.5, 0.6) is 0 Å². The number of carbonyl (C=O) groups excluding carboxylic acids is 1. The average molecular weight is 470 g/mol. The lowest BCUT2D eigenvalue weighted by molar-refractivity contribution is 0.0956. The van der Waals surface area contributed by atoms with Gasteiger partial charge in [0.1, 0.15) is 0 Å². The van der Waals surface area contributed by atoms with Crippen molar-refractivity contribution in [3.8, 4) is 0 Å². The first-order valence-corrected chi connectivity index (χ1v) is 12.5. The Morgan fingerprint density at radius 1 is 0.912 bits per heavy atom. The Hall–Kier alpha value is -3.44. The number of thiazole rings is 1. The van der Waals surface area contributed by atoms with Gasteiger partial charge in [-0.1, -0.05) is 72.8 Å². The molecule has 1 N–H and O–H groups in total. The highest BCUT2D eigenvalue weighted by atomic mass is 32.1. The van der Waals surface area contributed by atoms with Crippen LogP contribution in [0.25, 0.3) is 0 Å². The fraction of sp³-hybridized carbons (Fsp3) is 0.241. The average Bonchev–Trinajstić information content (AvgIpc) is 3.20. The maximum absolute atomic E-state index is 12.2. The quantitative estimate of drug-likeness (QED) is 0.304. The summed E-state index contributed by atoms with van der Waals surface area (Å²) in [7, 11) is 0. The summed E-state index contributed by atoms with van der Waals surface area (Å²) in [5.41, 5.74) is 5.45. The Labute approximate surface area is 206 Å². The van der Waals surface area contributed by atoms with Gasteiger partial charge in [0.05, 0.1) is 11.7 Å². The van der Waals surface area contributed by atoms with E-state index < -0.39 is 0 Å². The predicted molar refractivity (Wildman–Crippen MR) is 142 cm³/mol. The smallest absolute Gasteiger partial charge is 0.251 e. The fourth-order valence-corrected chi connectivity index (χ4v) is 4.99. The minimum atomic E-state index is -0.0386. The first-order valence-electron chi connectivity index (χ1n) is 11.7. The van der Waals surface area contributed by atoms with Crippen LogP contribution in [0.15, 0.2) is 84.9 Å². The van der Waals surface area contributed by atoms with Crippen LogP contribution in [0.2, 0.25) is 0 Å². The molecule has 174 valence electrons. The maximum Gasteiger partial charge on any atom is 0.251 e. The van der Waals surface area contributed by atoms with Crippen LogP contribution < -0.4 is 10.2 Å². The first kappa shape index (κ1) is 23.7. The molecule has 0 aliphatic rings. The van der Waals surface area contributed by atoms with E-state index in [0.29, 0.717) is 18.7 Å². The third-order valence-electron chi connectivity index (χ3n) is 6.00.